The third-order valence-corrected chi connectivity index (χ3v) is 7.78. The van der Waals surface area contributed by atoms with E-state index in [1.165, 1.54) is 23.9 Å². The van der Waals surface area contributed by atoms with Gasteiger partial charge in [0.1, 0.15) is 0 Å². The van der Waals surface area contributed by atoms with E-state index in [9.17, 15) is 18.0 Å². The van der Waals surface area contributed by atoms with Gasteiger partial charge in [0.05, 0.1) is 27.3 Å². The van der Waals surface area contributed by atoms with Crippen molar-refractivity contribution < 1.29 is 18.0 Å². The van der Waals surface area contributed by atoms with Crippen molar-refractivity contribution in [3.05, 3.63) is 46.4 Å². The molecule has 0 aromatic heterocycles. The van der Waals surface area contributed by atoms with Crippen LogP contribution in [0, 0.1) is 6.92 Å². The highest BCUT2D eigenvalue weighted by molar-refractivity contribution is 9.10. The van der Waals surface area contributed by atoms with Crippen LogP contribution in [0.3, 0.4) is 0 Å². The maximum absolute atomic E-state index is 12.6. The summed E-state index contributed by atoms with van der Waals surface area (Å²) in [7, 11) is -3.66. The van der Waals surface area contributed by atoms with Gasteiger partial charge in [-0.3, -0.25) is 9.59 Å². The van der Waals surface area contributed by atoms with Crippen molar-refractivity contribution in [2.24, 2.45) is 0 Å². The van der Waals surface area contributed by atoms with E-state index in [1.807, 2.05) is 19.1 Å². The molecule has 0 unspecified atom stereocenters. The first-order valence-corrected chi connectivity index (χ1v) is 11.9. The lowest BCUT2D eigenvalue weighted by Crippen LogP contribution is -2.26. The zero-order valence-electron chi connectivity index (χ0n) is 15.3. The molecule has 0 bridgehead atoms. The van der Waals surface area contributed by atoms with E-state index in [0.717, 1.165) is 14.9 Å². The van der Waals surface area contributed by atoms with E-state index in [1.54, 1.807) is 19.1 Å². The van der Waals surface area contributed by atoms with Gasteiger partial charge in [-0.2, -0.15) is 0 Å². The van der Waals surface area contributed by atoms with Gasteiger partial charge in [-0.15, -0.1) is 11.8 Å². The molecule has 9 heteroatoms. The molecule has 148 valence electrons. The highest BCUT2D eigenvalue weighted by atomic mass is 79.9. The van der Waals surface area contributed by atoms with Gasteiger partial charge in [-0.05, 0) is 65.7 Å². The molecule has 0 spiro atoms. The van der Waals surface area contributed by atoms with E-state index < -0.39 is 9.84 Å². The number of benzene rings is 2. The maximum Gasteiger partial charge on any atom is 0.237 e. The molecule has 1 aliphatic rings. The molecule has 2 aromatic carbocycles. The highest BCUT2D eigenvalue weighted by Gasteiger charge is 2.25. The van der Waals surface area contributed by atoms with Crippen molar-refractivity contribution in [1.29, 1.82) is 0 Å². The Labute approximate surface area is 176 Å². The predicted molar refractivity (Wildman–Crippen MR) is 115 cm³/mol. The van der Waals surface area contributed by atoms with Crippen LogP contribution in [0.15, 0.2) is 50.7 Å². The number of anilines is 2. The summed E-state index contributed by atoms with van der Waals surface area (Å²) in [5.41, 5.74) is 2.12. The number of carbonyl (C=O) groups is 2. The van der Waals surface area contributed by atoms with Gasteiger partial charge in [0, 0.05) is 15.8 Å². The number of thioether (sulfide) groups is 1. The molecule has 0 radical (unpaired) electrons. The zero-order chi connectivity index (χ0) is 20.5. The van der Waals surface area contributed by atoms with Gasteiger partial charge in [0.25, 0.3) is 0 Å². The third-order valence-electron chi connectivity index (χ3n) is 4.24. The Morgan fingerprint density at radius 2 is 2.00 bits per heavy atom. The van der Waals surface area contributed by atoms with Crippen molar-refractivity contribution in [2.75, 3.05) is 16.4 Å². The van der Waals surface area contributed by atoms with Crippen LogP contribution in [-0.4, -0.2) is 31.2 Å². The summed E-state index contributed by atoms with van der Waals surface area (Å²) in [5, 5.41) is 5.21. The van der Waals surface area contributed by atoms with Crippen LogP contribution in [0.4, 0.5) is 11.4 Å². The lowest BCUT2D eigenvalue weighted by molar-refractivity contribution is -0.116. The molecule has 0 fully saturated rings. The molecule has 2 N–H and O–H groups in total. The van der Waals surface area contributed by atoms with Gasteiger partial charge in [0.15, 0.2) is 9.84 Å². The summed E-state index contributed by atoms with van der Waals surface area (Å²) < 4.78 is 26.0. The van der Waals surface area contributed by atoms with Crippen LogP contribution in [0.25, 0.3) is 0 Å². The fraction of sp³-hybridized carbons (Fsp3) is 0.263. The van der Waals surface area contributed by atoms with Crippen molar-refractivity contribution in [3.8, 4) is 0 Å². The topological polar surface area (TPSA) is 92.3 Å². The van der Waals surface area contributed by atoms with Crippen LogP contribution in [0.2, 0.25) is 0 Å². The maximum atomic E-state index is 12.6. The fourth-order valence-electron chi connectivity index (χ4n) is 2.66. The van der Waals surface area contributed by atoms with Crippen LogP contribution in [0.1, 0.15) is 18.9 Å². The number of rotatable bonds is 5. The molecule has 6 nitrogen and oxygen atoms in total. The summed E-state index contributed by atoms with van der Waals surface area (Å²) in [5.74, 6) is -0.864. The van der Waals surface area contributed by atoms with Gasteiger partial charge >= 0.3 is 0 Å². The zero-order valence-corrected chi connectivity index (χ0v) is 18.5. The molecular weight excluding hydrogens is 464 g/mol. The molecule has 0 saturated carbocycles. The number of nitrogens with one attached hydrogen (secondary N) is 2. The second kappa shape index (κ2) is 8.26. The Kier molecular flexibility index (Phi) is 6.16. The van der Waals surface area contributed by atoms with Crippen molar-refractivity contribution >= 4 is 60.7 Å². The molecule has 2 aromatic rings. The van der Waals surface area contributed by atoms with E-state index in [-0.39, 0.29) is 34.1 Å². The van der Waals surface area contributed by atoms with Crippen LogP contribution in [-0.2, 0) is 19.4 Å². The summed E-state index contributed by atoms with van der Waals surface area (Å²) in [6.07, 6.45) is -0.169. The molecule has 28 heavy (non-hydrogen) atoms. The summed E-state index contributed by atoms with van der Waals surface area (Å²) in [6.45, 7) is 3.72. The Hall–Kier alpha value is -1.84. The minimum Gasteiger partial charge on any atom is -0.325 e. The van der Waals surface area contributed by atoms with Gasteiger partial charge < -0.3 is 10.6 Å². The van der Waals surface area contributed by atoms with Crippen molar-refractivity contribution in [2.45, 2.75) is 35.3 Å². The number of carbonyl (C=O) groups excluding carboxylic acids is 2. The largest absolute Gasteiger partial charge is 0.325 e. The summed E-state index contributed by atoms with van der Waals surface area (Å²) in [6, 6.07) is 10.1. The smallest absolute Gasteiger partial charge is 0.237 e. The molecule has 0 aliphatic carbocycles. The lowest BCUT2D eigenvalue weighted by atomic mass is 10.2. The van der Waals surface area contributed by atoms with E-state index in [0.29, 0.717) is 11.4 Å². The summed E-state index contributed by atoms with van der Waals surface area (Å²) >= 11 is 4.76. The highest BCUT2D eigenvalue weighted by Crippen LogP contribution is 2.37. The first kappa shape index (κ1) is 20.9. The van der Waals surface area contributed by atoms with Crippen LogP contribution < -0.4 is 10.6 Å². The SMILES string of the molecule is Cc1ccc(NC(=O)CCS(=O)(=O)c2ccc3c(c2)NC(=O)[C@@H](C)S3)c(Br)c1. The number of hydrogen-bond acceptors (Lipinski definition) is 5. The Bertz CT molecular complexity index is 1050. The Morgan fingerprint density at radius 3 is 2.71 bits per heavy atom. The minimum absolute atomic E-state index is 0.0889. The normalized spacial score (nSPS) is 16.2. The number of fused-ring (bicyclic) bond motifs is 1. The van der Waals surface area contributed by atoms with E-state index >= 15 is 0 Å². The average Bonchev–Trinajstić information content (AvgIpc) is 2.63. The summed E-state index contributed by atoms with van der Waals surface area (Å²) in [4.78, 5) is 24.9. The number of sulfone groups is 1. The van der Waals surface area contributed by atoms with Gasteiger partial charge in [-0.1, -0.05) is 6.07 Å². The lowest BCUT2D eigenvalue weighted by Gasteiger charge is -2.21. The minimum atomic E-state index is -3.66. The number of halogens is 1. The second-order valence-corrected chi connectivity index (χ2v) is 10.9. The second-order valence-electron chi connectivity index (χ2n) is 6.51. The molecule has 1 aliphatic heterocycles. The number of hydrogen-bond donors (Lipinski definition) is 2. The van der Waals surface area contributed by atoms with Crippen LogP contribution in [0.5, 0.6) is 0 Å². The molecule has 3 rings (SSSR count). The van der Waals surface area contributed by atoms with E-state index in [2.05, 4.69) is 26.6 Å². The van der Waals surface area contributed by atoms with Gasteiger partial charge in [-0.25, -0.2) is 8.42 Å². The molecule has 2 amide bonds. The number of amides is 2. The average molecular weight is 483 g/mol. The Balaban J connectivity index is 1.68. The van der Waals surface area contributed by atoms with Crippen molar-refractivity contribution in [3.63, 3.8) is 0 Å². The quantitative estimate of drug-likeness (QED) is 0.671. The first-order valence-electron chi connectivity index (χ1n) is 8.56. The standard InChI is InChI=1S/C19H19BrN2O4S2/c1-11-3-5-15(14(20)9-11)21-18(23)7-8-28(25,26)13-4-6-17-16(10-13)22-19(24)12(2)27-17/h3-6,9-10,12H,7-8H2,1-2H3,(H,21,23)(H,22,24)/t12-/m1/s1. The van der Waals surface area contributed by atoms with Crippen molar-refractivity contribution in [1.82, 2.24) is 0 Å². The molecule has 1 heterocycles. The monoisotopic (exact) mass is 482 g/mol. The van der Waals surface area contributed by atoms with Gasteiger partial charge in [0.2, 0.25) is 11.8 Å². The van der Waals surface area contributed by atoms with E-state index in [4.69, 9.17) is 0 Å². The predicted octanol–water partition coefficient (Wildman–Crippen LogP) is 3.99. The molecule has 0 saturated heterocycles. The number of aryl methyl sites for hydroxylation is 1. The third kappa shape index (κ3) is 4.76. The Morgan fingerprint density at radius 1 is 1.25 bits per heavy atom. The fourth-order valence-corrected chi connectivity index (χ4v) is 5.45. The van der Waals surface area contributed by atoms with Crippen LogP contribution >= 0.6 is 27.7 Å². The molecular formula is C19H19BrN2O4S2. The molecule has 1 atom stereocenters. The first-order chi connectivity index (χ1) is 13.2.